The zero-order chi connectivity index (χ0) is 19.6. The number of nitrogens with two attached hydrogens (primary N) is 1. The lowest BCUT2D eigenvalue weighted by atomic mass is 10.0. The molecule has 7 heteroatoms. The van der Waals surface area contributed by atoms with Crippen LogP contribution in [0.25, 0.3) is 0 Å². The van der Waals surface area contributed by atoms with E-state index in [2.05, 4.69) is 12.2 Å². The normalized spacial score (nSPS) is 12.6. The van der Waals surface area contributed by atoms with E-state index in [1.807, 2.05) is 0 Å². The number of unbranched alkanes of at least 4 members (excludes halogenated alkanes) is 5. The van der Waals surface area contributed by atoms with Crippen molar-refractivity contribution in [2.75, 3.05) is 0 Å². The van der Waals surface area contributed by atoms with E-state index in [0.29, 0.717) is 12.0 Å². The lowest BCUT2D eigenvalue weighted by Gasteiger charge is -2.15. The Balaban J connectivity index is 2.45. The van der Waals surface area contributed by atoms with E-state index in [4.69, 9.17) is 5.73 Å². The fourth-order valence-electron chi connectivity index (χ4n) is 2.66. The maximum absolute atomic E-state index is 12.5. The van der Waals surface area contributed by atoms with Crippen LogP contribution in [-0.2, 0) is 22.2 Å². The van der Waals surface area contributed by atoms with Gasteiger partial charge in [-0.1, -0.05) is 57.6 Å². The van der Waals surface area contributed by atoms with Crippen LogP contribution in [0.1, 0.15) is 63.0 Å². The van der Waals surface area contributed by atoms with Gasteiger partial charge in [-0.3, -0.25) is 9.59 Å². The summed E-state index contributed by atoms with van der Waals surface area (Å²) in [6.07, 6.45) is 2.30. The van der Waals surface area contributed by atoms with Gasteiger partial charge < -0.3 is 11.1 Å². The maximum Gasteiger partial charge on any atom is 0.416 e. The SMILES string of the molecule is CCCCCCCC[C@H](NC(=O)Cc1ccc(C(F)(F)F)cc1)C(N)=O. The van der Waals surface area contributed by atoms with Crippen LogP contribution >= 0.6 is 0 Å². The van der Waals surface area contributed by atoms with Gasteiger partial charge in [-0.25, -0.2) is 0 Å². The van der Waals surface area contributed by atoms with Gasteiger partial charge in [-0.2, -0.15) is 13.2 Å². The predicted octanol–water partition coefficient (Wildman–Crippen LogP) is 3.97. The molecule has 0 saturated heterocycles. The molecule has 0 radical (unpaired) electrons. The van der Waals surface area contributed by atoms with Crippen LogP contribution in [0.15, 0.2) is 24.3 Å². The minimum absolute atomic E-state index is 0.0988. The van der Waals surface area contributed by atoms with Crippen molar-refractivity contribution >= 4 is 11.8 Å². The Kier molecular flexibility index (Phi) is 9.16. The van der Waals surface area contributed by atoms with Crippen LogP contribution in [0.4, 0.5) is 13.2 Å². The number of carbonyl (C=O) groups is 2. The van der Waals surface area contributed by atoms with Crippen molar-refractivity contribution in [3.63, 3.8) is 0 Å². The molecule has 0 unspecified atom stereocenters. The van der Waals surface area contributed by atoms with Gasteiger partial charge in [-0.05, 0) is 24.1 Å². The Morgan fingerprint density at radius 2 is 1.62 bits per heavy atom. The van der Waals surface area contributed by atoms with Crippen molar-refractivity contribution in [2.24, 2.45) is 5.73 Å². The number of rotatable bonds is 11. The van der Waals surface area contributed by atoms with Crippen LogP contribution in [-0.4, -0.2) is 17.9 Å². The van der Waals surface area contributed by atoms with Crippen molar-refractivity contribution in [1.82, 2.24) is 5.32 Å². The number of alkyl halides is 3. The highest BCUT2D eigenvalue weighted by Gasteiger charge is 2.30. The molecule has 0 aliphatic carbocycles. The van der Waals surface area contributed by atoms with Gasteiger partial charge in [-0.15, -0.1) is 0 Å². The number of halogens is 3. The summed E-state index contributed by atoms with van der Waals surface area (Å²) in [6.45, 7) is 2.13. The number of hydrogen-bond acceptors (Lipinski definition) is 2. The van der Waals surface area contributed by atoms with Crippen molar-refractivity contribution in [3.05, 3.63) is 35.4 Å². The second-order valence-corrected chi connectivity index (χ2v) is 6.45. The summed E-state index contributed by atoms with van der Waals surface area (Å²) in [4.78, 5) is 23.5. The number of carbonyl (C=O) groups excluding carboxylic acids is 2. The van der Waals surface area contributed by atoms with Gasteiger partial charge >= 0.3 is 6.18 Å². The number of primary amides is 1. The van der Waals surface area contributed by atoms with Crippen molar-refractivity contribution in [1.29, 1.82) is 0 Å². The number of amides is 2. The van der Waals surface area contributed by atoms with Gasteiger partial charge in [0.1, 0.15) is 6.04 Å². The van der Waals surface area contributed by atoms with Gasteiger partial charge in [0.15, 0.2) is 0 Å². The summed E-state index contributed by atoms with van der Waals surface area (Å²) in [7, 11) is 0. The molecular formula is C19H27F3N2O2. The third kappa shape index (κ3) is 8.36. The number of benzene rings is 1. The van der Waals surface area contributed by atoms with Gasteiger partial charge in [0.25, 0.3) is 0 Å². The van der Waals surface area contributed by atoms with Gasteiger partial charge in [0.2, 0.25) is 11.8 Å². The molecule has 4 nitrogen and oxygen atoms in total. The van der Waals surface area contributed by atoms with Crippen molar-refractivity contribution < 1.29 is 22.8 Å². The summed E-state index contributed by atoms with van der Waals surface area (Å²) < 4.78 is 37.6. The van der Waals surface area contributed by atoms with Gasteiger partial charge in [0.05, 0.1) is 12.0 Å². The van der Waals surface area contributed by atoms with E-state index < -0.39 is 29.6 Å². The van der Waals surface area contributed by atoms with Crippen molar-refractivity contribution in [2.45, 2.75) is 70.5 Å². The summed E-state index contributed by atoms with van der Waals surface area (Å²) in [5, 5.41) is 2.58. The Morgan fingerprint density at radius 3 is 2.15 bits per heavy atom. The first-order valence-corrected chi connectivity index (χ1v) is 8.99. The molecule has 3 N–H and O–H groups in total. The second kappa shape index (κ2) is 10.8. The molecule has 146 valence electrons. The lowest BCUT2D eigenvalue weighted by Crippen LogP contribution is -2.44. The first-order valence-electron chi connectivity index (χ1n) is 8.99. The van der Waals surface area contributed by atoms with E-state index in [9.17, 15) is 22.8 Å². The van der Waals surface area contributed by atoms with Crippen LogP contribution in [0.5, 0.6) is 0 Å². The van der Waals surface area contributed by atoms with E-state index in [1.165, 1.54) is 18.6 Å². The molecule has 0 spiro atoms. The van der Waals surface area contributed by atoms with Crippen LogP contribution in [0, 0.1) is 0 Å². The van der Waals surface area contributed by atoms with Crippen molar-refractivity contribution in [3.8, 4) is 0 Å². The standard InChI is InChI=1S/C19H27F3N2O2/c1-2-3-4-5-6-7-8-16(18(23)26)24-17(25)13-14-9-11-15(12-10-14)19(20,21)22/h9-12,16H,2-8,13H2,1H3,(H2,23,26)(H,24,25)/t16-/m0/s1. The van der Waals surface area contributed by atoms with Crippen LogP contribution < -0.4 is 11.1 Å². The molecule has 1 aromatic carbocycles. The predicted molar refractivity (Wildman–Crippen MR) is 94.3 cm³/mol. The molecule has 0 aliphatic heterocycles. The second-order valence-electron chi connectivity index (χ2n) is 6.45. The maximum atomic E-state index is 12.5. The van der Waals surface area contributed by atoms with Crippen LogP contribution in [0.3, 0.4) is 0 Å². The smallest absolute Gasteiger partial charge is 0.368 e. The molecule has 1 rings (SSSR count). The number of nitrogens with one attached hydrogen (secondary N) is 1. The summed E-state index contributed by atoms with van der Waals surface area (Å²) in [6, 6.07) is 3.64. The first kappa shape index (κ1) is 22.0. The third-order valence-electron chi connectivity index (χ3n) is 4.17. The average Bonchev–Trinajstić information content (AvgIpc) is 2.56. The molecule has 0 bridgehead atoms. The average molecular weight is 372 g/mol. The van der Waals surface area contributed by atoms with E-state index in [1.54, 1.807) is 0 Å². The fourth-order valence-corrected chi connectivity index (χ4v) is 2.66. The Morgan fingerprint density at radius 1 is 1.04 bits per heavy atom. The van der Waals surface area contributed by atoms with E-state index in [0.717, 1.165) is 44.2 Å². The monoisotopic (exact) mass is 372 g/mol. The molecular weight excluding hydrogens is 345 g/mol. The molecule has 0 saturated carbocycles. The fraction of sp³-hybridized carbons (Fsp3) is 0.579. The summed E-state index contributed by atoms with van der Waals surface area (Å²) >= 11 is 0. The van der Waals surface area contributed by atoms with E-state index >= 15 is 0 Å². The number of hydrogen-bond donors (Lipinski definition) is 2. The molecule has 1 atom stereocenters. The quantitative estimate of drug-likeness (QED) is 0.577. The Bertz CT molecular complexity index is 571. The van der Waals surface area contributed by atoms with Gasteiger partial charge in [0, 0.05) is 0 Å². The molecule has 0 fully saturated rings. The first-order chi connectivity index (χ1) is 12.2. The largest absolute Gasteiger partial charge is 0.416 e. The molecule has 0 heterocycles. The molecule has 0 aromatic heterocycles. The molecule has 2 amide bonds. The molecule has 26 heavy (non-hydrogen) atoms. The van der Waals surface area contributed by atoms with Crippen LogP contribution in [0.2, 0.25) is 0 Å². The molecule has 0 aliphatic rings. The van der Waals surface area contributed by atoms with E-state index in [-0.39, 0.29) is 6.42 Å². The third-order valence-corrected chi connectivity index (χ3v) is 4.17. The molecule has 1 aromatic rings. The zero-order valence-corrected chi connectivity index (χ0v) is 15.1. The highest BCUT2D eigenvalue weighted by Crippen LogP contribution is 2.29. The zero-order valence-electron chi connectivity index (χ0n) is 15.1. The topological polar surface area (TPSA) is 72.2 Å². The Labute approximate surface area is 152 Å². The summed E-state index contributed by atoms with van der Waals surface area (Å²) in [5.74, 6) is -1.03. The Hall–Kier alpha value is -2.05. The minimum Gasteiger partial charge on any atom is -0.368 e. The highest BCUT2D eigenvalue weighted by molar-refractivity contribution is 5.87. The summed E-state index contributed by atoms with van der Waals surface area (Å²) in [5.41, 5.74) is 5.01. The minimum atomic E-state index is -4.41. The highest BCUT2D eigenvalue weighted by atomic mass is 19.4. The lowest BCUT2D eigenvalue weighted by molar-refractivity contribution is -0.137.